The van der Waals surface area contributed by atoms with Crippen LogP contribution in [0.25, 0.3) is 0 Å². The van der Waals surface area contributed by atoms with Crippen LogP contribution in [0.4, 0.5) is 8.78 Å². The van der Waals surface area contributed by atoms with Crippen LogP contribution in [0, 0.1) is 11.6 Å². The largest absolute Gasteiger partial charge is 0.495 e. The summed E-state index contributed by atoms with van der Waals surface area (Å²) in [4.78, 5) is 0. The van der Waals surface area contributed by atoms with E-state index < -0.39 is 17.0 Å². The van der Waals surface area contributed by atoms with Crippen molar-refractivity contribution in [1.29, 1.82) is 0 Å². The first-order chi connectivity index (χ1) is 8.05. The third-order valence-corrected chi connectivity index (χ3v) is 3.93. The van der Waals surface area contributed by atoms with Crippen molar-refractivity contribution >= 4 is 11.6 Å². The molecule has 0 heterocycles. The maximum absolute atomic E-state index is 14.1. The van der Waals surface area contributed by atoms with Crippen molar-refractivity contribution in [2.45, 2.75) is 24.7 Å². The highest BCUT2D eigenvalue weighted by atomic mass is 35.5. The molecule has 2 nitrogen and oxygen atoms in total. The van der Waals surface area contributed by atoms with Gasteiger partial charge in [0.05, 0.1) is 7.11 Å². The SMILES string of the molecule is COc1cc(F)c(C2(CN)CCC2)c(F)c1Cl. The van der Waals surface area contributed by atoms with Gasteiger partial charge in [-0.1, -0.05) is 18.0 Å². The van der Waals surface area contributed by atoms with E-state index in [4.69, 9.17) is 22.1 Å². The van der Waals surface area contributed by atoms with Gasteiger partial charge in [-0.25, -0.2) is 8.78 Å². The molecule has 0 atom stereocenters. The minimum atomic E-state index is -0.742. The first kappa shape index (κ1) is 12.6. The topological polar surface area (TPSA) is 35.2 Å². The zero-order valence-electron chi connectivity index (χ0n) is 9.53. The molecule has 1 aromatic carbocycles. The van der Waals surface area contributed by atoms with Crippen LogP contribution < -0.4 is 10.5 Å². The molecule has 0 bridgehead atoms. The summed E-state index contributed by atoms with van der Waals surface area (Å²) in [7, 11) is 1.32. The number of benzene rings is 1. The van der Waals surface area contributed by atoms with Gasteiger partial charge in [0, 0.05) is 23.6 Å². The molecule has 0 radical (unpaired) electrons. The lowest BCUT2D eigenvalue weighted by molar-refractivity contribution is 0.235. The second-order valence-corrected chi connectivity index (χ2v) is 4.78. The first-order valence-corrected chi connectivity index (χ1v) is 5.85. The Labute approximate surface area is 104 Å². The van der Waals surface area contributed by atoms with Gasteiger partial charge in [-0.05, 0) is 12.8 Å². The average Bonchev–Trinajstić information content (AvgIpc) is 2.27. The number of hydrogen-bond acceptors (Lipinski definition) is 2. The molecule has 0 saturated heterocycles. The van der Waals surface area contributed by atoms with Gasteiger partial charge in [0.2, 0.25) is 0 Å². The van der Waals surface area contributed by atoms with Crippen LogP contribution in [-0.2, 0) is 5.41 Å². The predicted octanol–water partition coefficient (Wildman–Crippen LogP) is 3.01. The van der Waals surface area contributed by atoms with E-state index in [1.54, 1.807) is 0 Å². The zero-order valence-corrected chi connectivity index (χ0v) is 10.3. The number of nitrogens with two attached hydrogens (primary N) is 1. The summed E-state index contributed by atoms with van der Waals surface area (Å²) in [6, 6.07) is 1.12. The highest BCUT2D eigenvalue weighted by molar-refractivity contribution is 6.32. The van der Waals surface area contributed by atoms with Crippen LogP contribution in [0.1, 0.15) is 24.8 Å². The van der Waals surface area contributed by atoms with E-state index in [9.17, 15) is 8.78 Å². The van der Waals surface area contributed by atoms with Gasteiger partial charge < -0.3 is 10.5 Å². The molecule has 1 aliphatic rings. The fraction of sp³-hybridized carbons (Fsp3) is 0.500. The zero-order chi connectivity index (χ0) is 12.6. The third kappa shape index (κ3) is 1.79. The molecular formula is C12H14ClF2NO. The molecule has 1 fully saturated rings. The van der Waals surface area contributed by atoms with Gasteiger partial charge in [0.15, 0.2) is 5.82 Å². The van der Waals surface area contributed by atoms with E-state index in [-0.39, 0.29) is 22.9 Å². The molecule has 17 heavy (non-hydrogen) atoms. The van der Waals surface area contributed by atoms with Crippen LogP contribution in [0.2, 0.25) is 5.02 Å². The lowest BCUT2D eigenvalue weighted by Gasteiger charge is -2.41. The molecule has 1 saturated carbocycles. The van der Waals surface area contributed by atoms with E-state index >= 15 is 0 Å². The molecule has 0 aliphatic heterocycles. The van der Waals surface area contributed by atoms with E-state index in [2.05, 4.69) is 0 Å². The second kappa shape index (κ2) is 4.42. The fourth-order valence-electron chi connectivity index (χ4n) is 2.37. The van der Waals surface area contributed by atoms with Crippen molar-refractivity contribution in [3.05, 3.63) is 28.3 Å². The van der Waals surface area contributed by atoms with E-state index in [0.717, 1.165) is 12.5 Å². The van der Waals surface area contributed by atoms with Gasteiger partial charge >= 0.3 is 0 Å². The van der Waals surface area contributed by atoms with Crippen LogP contribution in [-0.4, -0.2) is 13.7 Å². The Morgan fingerprint density at radius 1 is 1.47 bits per heavy atom. The fourth-order valence-corrected chi connectivity index (χ4v) is 2.59. The summed E-state index contributed by atoms with van der Waals surface area (Å²) in [5.41, 5.74) is 5.07. The predicted molar refractivity (Wildman–Crippen MR) is 62.5 cm³/mol. The van der Waals surface area contributed by atoms with Gasteiger partial charge in [-0.2, -0.15) is 0 Å². The molecule has 0 spiro atoms. The maximum Gasteiger partial charge on any atom is 0.152 e. The number of ether oxygens (including phenoxy) is 1. The third-order valence-electron chi connectivity index (χ3n) is 3.58. The summed E-state index contributed by atoms with van der Waals surface area (Å²) >= 11 is 5.81. The Morgan fingerprint density at radius 2 is 2.12 bits per heavy atom. The Morgan fingerprint density at radius 3 is 2.53 bits per heavy atom. The molecule has 0 aromatic heterocycles. The van der Waals surface area contributed by atoms with Crippen molar-refractivity contribution < 1.29 is 13.5 Å². The monoisotopic (exact) mass is 261 g/mol. The van der Waals surface area contributed by atoms with E-state index in [0.29, 0.717) is 12.8 Å². The summed E-state index contributed by atoms with van der Waals surface area (Å²) in [5.74, 6) is -1.36. The normalized spacial score (nSPS) is 17.7. The van der Waals surface area contributed by atoms with Crippen molar-refractivity contribution in [1.82, 2.24) is 0 Å². The van der Waals surface area contributed by atoms with Gasteiger partial charge in [-0.3, -0.25) is 0 Å². The molecule has 0 unspecified atom stereocenters. The van der Waals surface area contributed by atoms with Gasteiger partial charge in [-0.15, -0.1) is 0 Å². The molecule has 0 amide bonds. The number of hydrogen-bond donors (Lipinski definition) is 1. The average molecular weight is 262 g/mol. The Balaban J connectivity index is 2.58. The van der Waals surface area contributed by atoms with Gasteiger partial charge in [0.1, 0.15) is 16.6 Å². The smallest absolute Gasteiger partial charge is 0.152 e. The van der Waals surface area contributed by atoms with Crippen molar-refractivity contribution in [3.8, 4) is 5.75 Å². The number of halogens is 3. The lowest BCUT2D eigenvalue weighted by Crippen LogP contribution is -2.43. The van der Waals surface area contributed by atoms with Crippen molar-refractivity contribution in [3.63, 3.8) is 0 Å². The standard InChI is InChI=1S/C12H14ClF2NO/c1-17-8-5-7(14)9(11(15)10(8)13)12(6-16)3-2-4-12/h5H,2-4,6,16H2,1H3. The van der Waals surface area contributed by atoms with Crippen LogP contribution in [0.3, 0.4) is 0 Å². The molecular weight excluding hydrogens is 248 g/mol. The summed E-state index contributed by atoms with van der Waals surface area (Å²) in [6.45, 7) is 0.226. The highest BCUT2D eigenvalue weighted by Crippen LogP contribution is 2.47. The van der Waals surface area contributed by atoms with Crippen molar-refractivity contribution in [2.75, 3.05) is 13.7 Å². The maximum atomic E-state index is 14.1. The highest BCUT2D eigenvalue weighted by Gasteiger charge is 2.42. The summed E-state index contributed by atoms with van der Waals surface area (Å²) in [6.07, 6.45) is 2.32. The molecule has 1 aromatic rings. The first-order valence-electron chi connectivity index (χ1n) is 5.48. The van der Waals surface area contributed by atoms with Crippen molar-refractivity contribution in [2.24, 2.45) is 5.73 Å². The summed E-state index contributed by atoms with van der Waals surface area (Å²) in [5, 5.41) is -0.177. The molecule has 1 aliphatic carbocycles. The van der Waals surface area contributed by atoms with Crippen LogP contribution >= 0.6 is 11.6 Å². The molecule has 2 N–H and O–H groups in total. The Kier molecular flexibility index (Phi) is 3.27. The number of methoxy groups -OCH3 is 1. The second-order valence-electron chi connectivity index (χ2n) is 4.40. The summed E-state index contributed by atoms with van der Waals surface area (Å²) < 4.78 is 32.9. The van der Waals surface area contributed by atoms with Crippen LogP contribution in [0.5, 0.6) is 5.75 Å². The van der Waals surface area contributed by atoms with E-state index in [1.807, 2.05) is 0 Å². The number of rotatable bonds is 3. The Hall–Kier alpha value is -0.870. The molecule has 94 valence electrons. The Bertz CT molecular complexity index is 441. The van der Waals surface area contributed by atoms with Crippen LogP contribution in [0.15, 0.2) is 6.07 Å². The van der Waals surface area contributed by atoms with E-state index in [1.165, 1.54) is 7.11 Å². The molecule has 2 rings (SSSR count). The minimum Gasteiger partial charge on any atom is -0.495 e. The quantitative estimate of drug-likeness (QED) is 0.849. The molecule has 5 heteroatoms. The minimum absolute atomic E-state index is 0.0110. The van der Waals surface area contributed by atoms with Gasteiger partial charge in [0.25, 0.3) is 0 Å². The lowest BCUT2D eigenvalue weighted by atomic mass is 9.64.